The van der Waals surface area contributed by atoms with Gasteiger partial charge in [0.15, 0.2) is 11.5 Å². The smallest absolute Gasteiger partial charge is 0.322 e. The van der Waals surface area contributed by atoms with Gasteiger partial charge in [0.2, 0.25) is 6.79 Å². The fourth-order valence-electron chi connectivity index (χ4n) is 2.53. The Balaban J connectivity index is 1.69. The summed E-state index contributed by atoms with van der Waals surface area (Å²) in [4.78, 5) is 13.9. The van der Waals surface area contributed by atoms with E-state index in [1.807, 2.05) is 6.92 Å². The van der Waals surface area contributed by atoms with Crippen molar-refractivity contribution in [3.63, 3.8) is 0 Å². The van der Waals surface area contributed by atoms with Crippen LogP contribution < -0.4 is 14.8 Å². The van der Waals surface area contributed by atoms with Crippen LogP contribution in [0.3, 0.4) is 0 Å². The maximum absolute atomic E-state index is 12.4. The third-order valence-corrected chi connectivity index (χ3v) is 3.65. The molecule has 0 spiro atoms. The van der Waals surface area contributed by atoms with Crippen molar-refractivity contribution in [1.82, 2.24) is 4.90 Å². The van der Waals surface area contributed by atoms with Crippen LogP contribution in [-0.4, -0.2) is 54.7 Å². The van der Waals surface area contributed by atoms with Crippen LogP contribution in [0.5, 0.6) is 11.5 Å². The zero-order valence-corrected chi connectivity index (χ0v) is 11.7. The zero-order chi connectivity index (χ0) is 14.8. The molecule has 0 aliphatic carbocycles. The number of aliphatic hydroxyl groups is 1. The molecule has 2 atom stereocenters. The standard InChI is InChI=1S/C14H18N2O5/c1-2-16(10-6-19-7-11(10)17)14(18)15-9-3-4-12-13(5-9)21-8-20-12/h3-5,10-11,17H,2,6-8H2,1H3,(H,15,18). The highest BCUT2D eigenvalue weighted by Crippen LogP contribution is 2.34. The quantitative estimate of drug-likeness (QED) is 0.870. The summed E-state index contributed by atoms with van der Waals surface area (Å²) < 4.78 is 15.7. The van der Waals surface area contributed by atoms with Gasteiger partial charge in [0.25, 0.3) is 0 Å². The van der Waals surface area contributed by atoms with Crippen molar-refractivity contribution in [2.24, 2.45) is 0 Å². The molecule has 7 nitrogen and oxygen atoms in total. The summed E-state index contributed by atoms with van der Waals surface area (Å²) in [6.07, 6.45) is -0.646. The van der Waals surface area contributed by atoms with Crippen molar-refractivity contribution in [3.8, 4) is 11.5 Å². The average Bonchev–Trinajstić information content (AvgIpc) is 3.09. The molecular weight excluding hydrogens is 276 g/mol. The second-order valence-corrected chi connectivity index (χ2v) is 4.96. The van der Waals surface area contributed by atoms with Gasteiger partial charge >= 0.3 is 6.03 Å². The first-order valence-electron chi connectivity index (χ1n) is 6.92. The van der Waals surface area contributed by atoms with Crippen molar-refractivity contribution < 1.29 is 24.1 Å². The summed E-state index contributed by atoms with van der Waals surface area (Å²) in [7, 11) is 0. The Labute approximate surface area is 122 Å². The molecule has 2 amide bonds. The molecule has 2 aliphatic rings. The highest BCUT2D eigenvalue weighted by atomic mass is 16.7. The molecule has 1 fully saturated rings. The number of nitrogens with one attached hydrogen (secondary N) is 1. The van der Waals surface area contributed by atoms with Crippen molar-refractivity contribution in [2.75, 3.05) is 31.9 Å². The fraction of sp³-hybridized carbons (Fsp3) is 0.500. The second-order valence-electron chi connectivity index (χ2n) is 4.96. The summed E-state index contributed by atoms with van der Waals surface area (Å²) in [5, 5.41) is 12.7. The molecule has 0 saturated carbocycles. The number of carbonyl (C=O) groups is 1. The van der Waals surface area contributed by atoms with Crippen LogP contribution in [-0.2, 0) is 4.74 Å². The number of hydrogen-bond acceptors (Lipinski definition) is 5. The van der Waals surface area contributed by atoms with Crippen LogP contribution in [0.15, 0.2) is 18.2 Å². The Morgan fingerprint density at radius 2 is 2.19 bits per heavy atom. The largest absolute Gasteiger partial charge is 0.454 e. The number of urea groups is 1. The SMILES string of the molecule is CCN(C(=O)Nc1ccc2c(c1)OCO2)C1COCC1O. The first kappa shape index (κ1) is 14.0. The number of ether oxygens (including phenoxy) is 3. The number of aliphatic hydroxyl groups excluding tert-OH is 1. The first-order valence-corrected chi connectivity index (χ1v) is 6.92. The number of rotatable bonds is 3. The molecule has 114 valence electrons. The predicted molar refractivity (Wildman–Crippen MR) is 74.6 cm³/mol. The minimum atomic E-state index is -0.646. The van der Waals surface area contributed by atoms with Crippen molar-refractivity contribution >= 4 is 11.7 Å². The lowest BCUT2D eigenvalue weighted by atomic mass is 10.2. The minimum Gasteiger partial charge on any atom is -0.454 e. The number of carbonyl (C=O) groups excluding carboxylic acids is 1. The van der Waals surface area contributed by atoms with Crippen LogP contribution in [0.2, 0.25) is 0 Å². The molecule has 2 heterocycles. The third kappa shape index (κ3) is 2.74. The molecule has 2 aliphatic heterocycles. The van der Waals surface area contributed by atoms with Crippen LogP contribution in [0.4, 0.5) is 10.5 Å². The van der Waals surface area contributed by atoms with Crippen LogP contribution in [0.1, 0.15) is 6.92 Å². The Morgan fingerprint density at radius 3 is 2.90 bits per heavy atom. The Morgan fingerprint density at radius 1 is 1.38 bits per heavy atom. The van der Waals surface area contributed by atoms with Gasteiger partial charge in [-0.3, -0.25) is 0 Å². The highest BCUT2D eigenvalue weighted by Gasteiger charge is 2.33. The Bertz CT molecular complexity index is 536. The fourth-order valence-corrected chi connectivity index (χ4v) is 2.53. The van der Waals surface area contributed by atoms with E-state index in [0.29, 0.717) is 30.3 Å². The molecule has 0 radical (unpaired) electrons. The lowest BCUT2D eigenvalue weighted by molar-refractivity contribution is 0.1000. The topological polar surface area (TPSA) is 80.3 Å². The number of likely N-dealkylation sites (N-methyl/N-ethyl adjacent to an activating group) is 1. The van der Waals surface area contributed by atoms with Crippen LogP contribution in [0, 0.1) is 0 Å². The van der Waals surface area contributed by atoms with Crippen molar-refractivity contribution in [3.05, 3.63) is 18.2 Å². The normalized spacial score (nSPS) is 23.1. The Hall–Kier alpha value is -1.99. The molecule has 0 bridgehead atoms. The van der Waals surface area contributed by atoms with E-state index in [-0.39, 0.29) is 25.5 Å². The number of amides is 2. The van der Waals surface area contributed by atoms with E-state index in [1.54, 1.807) is 23.1 Å². The van der Waals surface area contributed by atoms with E-state index < -0.39 is 6.10 Å². The number of anilines is 1. The molecule has 0 aromatic heterocycles. The summed E-state index contributed by atoms with van der Waals surface area (Å²) in [6, 6.07) is 4.63. The van der Waals surface area contributed by atoms with Gasteiger partial charge in [-0.25, -0.2) is 4.79 Å². The van der Waals surface area contributed by atoms with E-state index in [4.69, 9.17) is 14.2 Å². The van der Waals surface area contributed by atoms with Gasteiger partial charge in [0.1, 0.15) is 0 Å². The molecule has 2 unspecified atom stereocenters. The second kappa shape index (κ2) is 5.79. The van der Waals surface area contributed by atoms with Crippen LogP contribution in [0.25, 0.3) is 0 Å². The highest BCUT2D eigenvalue weighted by molar-refractivity contribution is 5.90. The molecule has 3 rings (SSSR count). The lowest BCUT2D eigenvalue weighted by Crippen LogP contribution is -2.48. The predicted octanol–water partition coefficient (Wildman–Crippen LogP) is 1.03. The zero-order valence-electron chi connectivity index (χ0n) is 11.7. The lowest BCUT2D eigenvalue weighted by Gasteiger charge is -2.28. The van der Waals surface area contributed by atoms with Gasteiger partial charge in [-0.2, -0.15) is 0 Å². The summed E-state index contributed by atoms with van der Waals surface area (Å²) in [5.74, 6) is 1.28. The van der Waals surface area contributed by atoms with Gasteiger partial charge in [-0.05, 0) is 19.1 Å². The maximum Gasteiger partial charge on any atom is 0.322 e. The van der Waals surface area contributed by atoms with Gasteiger partial charge in [0, 0.05) is 18.3 Å². The summed E-state index contributed by atoms with van der Waals surface area (Å²) >= 11 is 0. The van der Waals surface area contributed by atoms with E-state index in [2.05, 4.69) is 5.32 Å². The monoisotopic (exact) mass is 294 g/mol. The van der Waals surface area contributed by atoms with E-state index >= 15 is 0 Å². The molecule has 1 aromatic rings. The molecule has 1 aromatic carbocycles. The minimum absolute atomic E-state index is 0.194. The van der Waals surface area contributed by atoms with Crippen molar-refractivity contribution in [1.29, 1.82) is 0 Å². The van der Waals surface area contributed by atoms with Crippen LogP contribution >= 0.6 is 0 Å². The first-order chi connectivity index (χ1) is 10.2. The van der Waals surface area contributed by atoms with Gasteiger partial charge in [0.05, 0.1) is 25.4 Å². The third-order valence-electron chi connectivity index (χ3n) is 3.65. The van der Waals surface area contributed by atoms with Gasteiger partial charge in [-0.15, -0.1) is 0 Å². The number of nitrogens with zero attached hydrogens (tertiary/aromatic N) is 1. The van der Waals surface area contributed by atoms with E-state index in [9.17, 15) is 9.90 Å². The molecule has 1 saturated heterocycles. The maximum atomic E-state index is 12.4. The Kier molecular flexibility index (Phi) is 3.85. The van der Waals surface area contributed by atoms with E-state index in [0.717, 1.165) is 0 Å². The number of benzene rings is 1. The summed E-state index contributed by atoms with van der Waals surface area (Å²) in [6.45, 7) is 3.16. The molecule has 2 N–H and O–H groups in total. The summed E-state index contributed by atoms with van der Waals surface area (Å²) in [5.41, 5.74) is 0.621. The molecule has 21 heavy (non-hydrogen) atoms. The van der Waals surface area contributed by atoms with Gasteiger partial charge < -0.3 is 29.5 Å². The molecular formula is C14H18N2O5. The van der Waals surface area contributed by atoms with E-state index in [1.165, 1.54) is 0 Å². The van der Waals surface area contributed by atoms with Crippen molar-refractivity contribution in [2.45, 2.75) is 19.1 Å². The average molecular weight is 294 g/mol. The number of fused-ring (bicyclic) bond motifs is 1. The number of hydrogen-bond donors (Lipinski definition) is 2. The van der Waals surface area contributed by atoms with Gasteiger partial charge in [-0.1, -0.05) is 0 Å². The molecule has 7 heteroatoms.